The highest BCUT2D eigenvalue weighted by Gasteiger charge is 2.07. The maximum absolute atomic E-state index is 5.84. The van der Waals surface area contributed by atoms with Crippen molar-refractivity contribution < 1.29 is 9.47 Å². The standard InChI is InChI=1S/C12H13BrN2O2.BrH/c1-16-9-3-7-5-11(13)15-12(14)6-8(7)4-10(9)17-2;/h3-6,12H,14H2,1-2H3;1H. The normalized spacial score (nSPS) is 17.1. The first kappa shape index (κ1) is 15.2. The molecule has 18 heavy (non-hydrogen) atoms. The van der Waals surface area contributed by atoms with E-state index in [0.29, 0.717) is 16.1 Å². The summed E-state index contributed by atoms with van der Waals surface area (Å²) in [4.78, 5) is 4.22. The Balaban J connectivity index is 0.00000162. The summed E-state index contributed by atoms with van der Waals surface area (Å²) in [5.41, 5.74) is 5.84. The average molecular weight is 378 g/mol. The third-order valence-electron chi connectivity index (χ3n) is 2.49. The summed E-state index contributed by atoms with van der Waals surface area (Å²) in [6, 6.07) is 3.80. The molecule has 0 fully saturated rings. The van der Waals surface area contributed by atoms with Gasteiger partial charge in [0.1, 0.15) is 10.8 Å². The van der Waals surface area contributed by atoms with Crippen molar-refractivity contribution in [3.8, 4) is 11.5 Å². The first-order chi connectivity index (χ1) is 8.13. The Labute approximate surface area is 124 Å². The highest BCUT2D eigenvalue weighted by atomic mass is 79.9. The zero-order valence-corrected chi connectivity index (χ0v) is 13.3. The molecule has 1 aliphatic rings. The number of methoxy groups -OCH3 is 2. The number of nitrogens with zero attached hydrogens (tertiary/aromatic N) is 1. The summed E-state index contributed by atoms with van der Waals surface area (Å²) in [6.45, 7) is 0. The van der Waals surface area contributed by atoms with Gasteiger partial charge in [0.15, 0.2) is 11.5 Å². The third kappa shape index (κ3) is 3.13. The maximum Gasteiger partial charge on any atom is 0.161 e. The molecule has 0 bridgehead atoms. The first-order valence-corrected chi connectivity index (χ1v) is 5.88. The van der Waals surface area contributed by atoms with Gasteiger partial charge in [-0.2, -0.15) is 0 Å². The molecule has 0 radical (unpaired) electrons. The second-order valence-electron chi connectivity index (χ2n) is 3.59. The Morgan fingerprint density at radius 3 is 2.28 bits per heavy atom. The summed E-state index contributed by atoms with van der Waals surface area (Å²) in [6.07, 6.45) is 3.42. The topological polar surface area (TPSA) is 56.8 Å². The molecule has 0 aliphatic carbocycles. The fourth-order valence-corrected chi connectivity index (χ4v) is 2.19. The van der Waals surface area contributed by atoms with Crippen molar-refractivity contribution in [3.63, 3.8) is 0 Å². The maximum atomic E-state index is 5.84. The van der Waals surface area contributed by atoms with Crippen LogP contribution in [0.1, 0.15) is 0 Å². The second-order valence-corrected chi connectivity index (χ2v) is 4.40. The minimum Gasteiger partial charge on any atom is -0.493 e. The minimum atomic E-state index is -0.361. The lowest BCUT2D eigenvalue weighted by Crippen LogP contribution is -2.27. The zero-order chi connectivity index (χ0) is 12.4. The van der Waals surface area contributed by atoms with E-state index in [1.165, 1.54) is 0 Å². The SMILES string of the molecule is Br.COc1cc2c(cc1OC)=CC(N)N=C(Br)C=2. The molecule has 0 aromatic heterocycles. The molecule has 0 saturated heterocycles. The van der Waals surface area contributed by atoms with E-state index in [1.807, 2.05) is 24.3 Å². The molecule has 1 atom stereocenters. The Morgan fingerprint density at radius 2 is 1.72 bits per heavy atom. The van der Waals surface area contributed by atoms with E-state index < -0.39 is 0 Å². The molecule has 1 aliphatic heterocycles. The monoisotopic (exact) mass is 376 g/mol. The van der Waals surface area contributed by atoms with Gasteiger partial charge in [0.05, 0.1) is 14.2 Å². The molecule has 0 amide bonds. The first-order valence-electron chi connectivity index (χ1n) is 5.08. The molecular formula is C12H14Br2N2O2. The molecule has 6 heteroatoms. The van der Waals surface area contributed by atoms with Crippen LogP contribution in [0.2, 0.25) is 0 Å². The second kappa shape index (κ2) is 6.36. The van der Waals surface area contributed by atoms with Gasteiger partial charge in [-0.05, 0) is 50.7 Å². The van der Waals surface area contributed by atoms with Crippen LogP contribution in [-0.4, -0.2) is 25.0 Å². The van der Waals surface area contributed by atoms with E-state index in [2.05, 4.69) is 20.9 Å². The molecule has 1 aromatic rings. The van der Waals surface area contributed by atoms with Crippen LogP contribution in [0.5, 0.6) is 11.5 Å². The lowest BCUT2D eigenvalue weighted by atomic mass is 10.2. The van der Waals surface area contributed by atoms with Crippen molar-refractivity contribution in [2.45, 2.75) is 6.17 Å². The largest absolute Gasteiger partial charge is 0.493 e. The quantitative estimate of drug-likeness (QED) is 0.834. The Hall–Kier alpha value is -0.850. The predicted molar refractivity (Wildman–Crippen MR) is 82.4 cm³/mol. The van der Waals surface area contributed by atoms with Gasteiger partial charge in [-0.3, -0.25) is 4.99 Å². The van der Waals surface area contributed by atoms with Crippen molar-refractivity contribution in [1.82, 2.24) is 0 Å². The summed E-state index contributed by atoms with van der Waals surface area (Å²) in [7, 11) is 3.22. The molecule has 0 saturated carbocycles. The van der Waals surface area contributed by atoms with Gasteiger partial charge in [-0.1, -0.05) is 0 Å². The number of rotatable bonds is 2. The number of benzene rings is 1. The molecule has 0 spiro atoms. The van der Waals surface area contributed by atoms with Gasteiger partial charge in [0, 0.05) is 0 Å². The Kier molecular flexibility index (Phi) is 5.37. The molecule has 4 nitrogen and oxygen atoms in total. The Morgan fingerprint density at radius 1 is 1.17 bits per heavy atom. The molecule has 1 aromatic carbocycles. The Bertz CT molecular complexity index is 584. The smallest absolute Gasteiger partial charge is 0.161 e. The number of hydrogen-bond acceptors (Lipinski definition) is 4. The molecule has 98 valence electrons. The summed E-state index contributed by atoms with van der Waals surface area (Å²) in [5.74, 6) is 1.37. The molecule has 1 heterocycles. The number of fused-ring (bicyclic) bond motifs is 1. The van der Waals surface area contributed by atoms with Crippen molar-refractivity contribution in [3.05, 3.63) is 22.6 Å². The average Bonchev–Trinajstić information content (AvgIpc) is 2.43. The zero-order valence-electron chi connectivity index (χ0n) is 10.0. The van der Waals surface area contributed by atoms with Crippen LogP contribution < -0.4 is 25.6 Å². The fourth-order valence-electron chi connectivity index (χ4n) is 1.71. The van der Waals surface area contributed by atoms with Crippen LogP contribution in [-0.2, 0) is 0 Å². The van der Waals surface area contributed by atoms with Gasteiger partial charge in [-0.15, -0.1) is 17.0 Å². The van der Waals surface area contributed by atoms with Crippen molar-refractivity contribution in [2.75, 3.05) is 14.2 Å². The van der Waals surface area contributed by atoms with E-state index in [-0.39, 0.29) is 23.1 Å². The third-order valence-corrected chi connectivity index (χ3v) is 2.92. The lowest BCUT2D eigenvalue weighted by molar-refractivity contribution is 0.354. The molecule has 1 unspecified atom stereocenters. The summed E-state index contributed by atoms with van der Waals surface area (Å²) in [5, 5.41) is 1.97. The molecular weight excluding hydrogens is 364 g/mol. The van der Waals surface area contributed by atoms with Gasteiger partial charge in [-0.25, -0.2) is 0 Å². The van der Waals surface area contributed by atoms with Crippen molar-refractivity contribution in [1.29, 1.82) is 0 Å². The highest BCUT2D eigenvalue weighted by Crippen LogP contribution is 2.22. The van der Waals surface area contributed by atoms with Crippen LogP contribution in [0.3, 0.4) is 0 Å². The van der Waals surface area contributed by atoms with Crippen LogP contribution in [0, 0.1) is 0 Å². The molecule has 2 rings (SSSR count). The molecule has 2 N–H and O–H groups in total. The van der Waals surface area contributed by atoms with Crippen LogP contribution in [0.4, 0.5) is 0 Å². The van der Waals surface area contributed by atoms with Gasteiger partial charge >= 0.3 is 0 Å². The van der Waals surface area contributed by atoms with Gasteiger partial charge in [0.25, 0.3) is 0 Å². The number of ether oxygens (including phenoxy) is 2. The van der Waals surface area contributed by atoms with Crippen LogP contribution in [0.15, 0.2) is 17.1 Å². The fraction of sp³-hybridized carbons (Fsp3) is 0.250. The van der Waals surface area contributed by atoms with Gasteiger partial charge in [0.2, 0.25) is 0 Å². The van der Waals surface area contributed by atoms with E-state index in [9.17, 15) is 0 Å². The van der Waals surface area contributed by atoms with Gasteiger partial charge < -0.3 is 15.2 Å². The van der Waals surface area contributed by atoms with Crippen molar-refractivity contribution >= 4 is 49.7 Å². The van der Waals surface area contributed by atoms with E-state index in [0.717, 1.165) is 10.4 Å². The van der Waals surface area contributed by atoms with E-state index >= 15 is 0 Å². The highest BCUT2D eigenvalue weighted by molar-refractivity contribution is 9.18. The summed E-state index contributed by atoms with van der Waals surface area (Å²) < 4.78 is 11.2. The van der Waals surface area contributed by atoms with Crippen molar-refractivity contribution in [2.24, 2.45) is 10.7 Å². The van der Waals surface area contributed by atoms with Crippen LogP contribution >= 0.6 is 32.9 Å². The summed E-state index contributed by atoms with van der Waals surface area (Å²) >= 11 is 3.35. The number of nitrogens with two attached hydrogens (primary N) is 1. The minimum absolute atomic E-state index is 0. The lowest BCUT2D eigenvalue weighted by Gasteiger charge is -2.07. The number of halogens is 2. The number of aliphatic imine (C=N–C) groups is 1. The van der Waals surface area contributed by atoms with E-state index in [4.69, 9.17) is 15.2 Å². The predicted octanol–water partition coefficient (Wildman–Crippen LogP) is 0.935. The van der Waals surface area contributed by atoms with Crippen LogP contribution in [0.25, 0.3) is 12.2 Å². The van der Waals surface area contributed by atoms with E-state index in [1.54, 1.807) is 14.2 Å². The number of hydrogen-bond donors (Lipinski definition) is 1.